The summed E-state index contributed by atoms with van der Waals surface area (Å²) >= 11 is 0. The van der Waals surface area contributed by atoms with Crippen LogP contribution >= 0.6 is 0 Å². The lowest BCUT2D eigenvalue weighted by Gasteiger charge is -2.12. The minimum Gasteiger partial charge on any atom is -0.395 e. The molecule has 5 N–H and O–H groups in total. The van der Waals surface area contributed by atoms with Crippen molar-refractivity contribution >= 4 is 22.6 Å². The van der Waals surface area contributed by atoms with E-state index in [1.165, 1.54) is 18.5 Å². The Bertz CT molecular complexity index is 968. The number of nitrogens with two attached hydrogens (primary N) is 1. The summed E-state index contributed by atoms with van der Waals surface area (Å²) < 4.78 is 39.5. The fourth-order valence-electron chi connectivity index (χ4n) is 2.52. The van der Waals surface area contributed by atoms with Gasteiger partial charge in [0.25, 0.3) is 5.91 Å². The number of anilines is 1. The first kappa shape index (κ1) is 17.7. The molecule has 0 radical (unpaired) electrons. The Kier molecular flexibility index (Phi) is 4.51. The highest BCUT2D eigenvalue weighted by Crippen LogP contribution is 2.36. The van der Waals surface area contributed by atoms with Gasteiger partial charge in [0.05, 0.1) is 29.4 Å². The van der Waals surface area contributed by atoms with Crippen molar-refractivity contribution in [3.63, 3.8) is 0 Å². The summed E-state index contributed by atoms with van der Waals surface area (Å²) in [6, 6.07) is 3.29. The number of alkyl halides is 3. The number of aliphatic hydroxyl groups excluding tert-OH is 1. The van der Waals surface area contributed by atoms with Crippen LogP contribution in [-0.2, 0) is 6.18 Å². The third kappa shape index (κ3) is 3.31. The van der Waals surface area contributed by atoms with Crippen LogP contribution in [0.3, 0.4) is 0 Å². The summed E-state index contributed by atoms with van der Waals surface area (Å²) in [5, 5.41) is 18.0. The molecule has 2 heterocycles. The average Bonchev–Trinajstić information content (AvgIpc) is 3.07. The van der Waals surface area contributed by atoms with Crippen LogP contribution in [0.25, 0.3) is 22.0 Å². The number of carbonyl (C=O) groups is 1. The fraction of sp³-hybridized carbons (Fsp3) is 0.188. The maximum Gasteiger partial charge on any atom is 0.416 e. The topological polar surface area (TPSA) is 117 Å². The van der Waals surface area contributed by atoms with Crippen LogP contribution in [0.2, 0.25) is 0 Å². The molecule has 0 saturated heterocycles. The Morgan fingerprint density at radius 3 is 2.73 bits per heavy atom. The Morgan fingerprint density at radius 2 is 2.04 bits per heavy atom. The van der Waals surface area contributed by atoms with E-state index in [0.717, 1.165) is 12.1 Å². The summed E-state index contributed by atoms with van der Waals surface area (Å²) in [4.78, 5) is 16.0. The van der Waals surface area contributed by atoms with E-state index in [-0.39, 0.29) is 41.2 Å². The smallest absolute Gasteiger partial charge is 0.395 e. The number of H-pyrrole nitrogens is 1. The Morgan fingerprint density at radius 1 is 1.27 bits per heavy atom. The van der Waals surface area contributed by atoms with Gasteiger partial charge in [0.15, 0.2) is 0 Å². The number of benzene rings is 1. The van der Waals surface area contributed by atoms with E-state index in [4.69, 9.17) is 10.8 Å². The van der Waals surface area contributed by atoms with E-state index in [2.05, 4.69) is 20.5 Å². The maximum absolute atomic E-state index is 13.2. The summed E-state index contributed by atoms with van der Waals surface area (Å²) in [7, 11) is 0. The molecule has 0 fully saturated rings. The molecule has 0 aliphatic rings. The molecule has 0 aliphatic carbocycles. The van der Waals surface area contributed by atoms with E-state index in [9.17, 15) is 18.0 Å². The molecule has 3 aromatic rings. The van der Waals surface area contributed by atoms with Crippen LogP contribution in [0.4, 0.5) is 19.0 Å². The van der Waals surface area contributed by atoms with Gasteiger partial charge in [0, 0.05) is 23.7 Å². The first-order valence-electron chi connectivity index (χ1n) is 7.50. The normalized spacial score (nSPS) is 11.7. The second-order valence-electron chi connectivity index (χ2n) is 5.49. The lowest BCUT2D eigenvalue weighted by Crippen LogP contribution is -2.27. The van der Waals surface area contributed by atoms with Gasteiger partial charge in [0.2, 0.25) is 0 Å². The van der Waals surface area contributed by atoms with E-state index in [1.807, 2.05) is 0 Å². The van der Waals surface area contributed by atoms with Gasteiger partial charge in [-0.2, -0.15) is 18.3 Å². The number of pyridine rings is 1. The van der Waals surface area contributed by atoms with E-state index in [1.54, 1.807) is 0 Å². The molecular weight excluding hydrogens is 351 g/mol. The van der Waals surface area contributed by atoms with E-state index in [0.29, 0.717) is 5.39 Å². The van der Waals surface area contributed by atoms with Crippen LogP contribution < -0.4 is 11.1 Å². The molecule has 1 aromatic carbocycles. The summed E-state index contributed by atoms with van der Waals surface area (Å²) in [5.74, 6) is -0.652. The number of hydrogen-bond acceptors (Lipinski definition) is 5. The average molecular weight is 365 g/mol. The molecule has 0 unspecified atom stereocenters. The number of nitrogen functional groups attached to an aromatic ring is 1. The minimum atomic E-state index is -4.55. The molecule has 0 saturated carbocycles. The predicted octanol–water partition coefficient (Wildman–Crippen LogP) is 1.95. The number of aromatic amines is 1. The Labute approximate surface area is 145 Å². The van der Waals surface area contributed by atoms with Crippen molar-refractivity contribution in [1.82, 2.24) is 20.5 Å². The molecule has 0 aliphatic heterocycles. The number of aromatic nitrogens is 3. The largest absolute Gasteiger partial charge is 0.416 e. The first-order valence-corrected chi connectivity index (χ1v) is 7.50. The zero-order valence-corrected chi connectivity index (χ0v) is 13.3. The second-order valence-corrected chi connectivity index (χ2v) is 5.49. The quantitative estimate of drug-likeness (QED) is 0.564. The van der Waals surface area contributed by atoms with Crippen LogP contribution in [0.5, 0.6) is 0 Å². The highest BCUT2D eigenvalue weighted by atomic mass is 19.4. The van der Waals surface area contributed by atoms with Crippen LogP contribution in [0, 0.1) is 0 Å². The molecule has 26 heavy (non-hydrogen) atoms. The molecular formula is C16H14F3N5O2. The third-order valence-corrected chi connectivity index (χ3v) is 3.76. The fourth-order valence-corrected chi connectivity index (χ4v) is 2.52. The van der Waals surface area contributed by atoms with Gasteiger partial charge in [-0.1, -0.05) is 0 Å². The van der Waals surface area contributed by atoms with Crippen molar-refractivity contribution in [2.75, 3.05) is 18.9 Å². The van der Waals surface area contributed by atoms with Gasteiger partial charge in [-0.15, -0.1) is 0 Å². The zero-order chi connectivity index (χ0) is 18.9. The lowest BCUT2D eigenvalue weighted by atomic mass is 9.99. The number of rotatable bonds is 4. The minimum absolute atomic E-state index is 0.00464. The van der Waals surface area contributed by atoms with Gasteiger partial charge in [-0.25, -0.2) is 4.98 Å². The molecule has 2 aromatic heterocycles. The van der Waals surface area contributed by atoms with Crippen LogP contribution in [-0.4, -0.2) is 39.3 Å². The molecule has 10 heteroatoms. The van der Waals surface area contributed by atoms with Gasteiger partial charge >= 0.3 is 6.18 Å². The van der Waals surface area contributed by atoms with Crippen molar-refractivity contribution in [3.05, 3.63) is 41.7 Å². The molecule has 0 spiro atoms. The van der Waals surface area contributed by atoms with Crippen molar-refractivity contribution in [1.29, 1.82) is 0 Å². The molecule has 0 atom stereocenters. The van der Waals surface area contributed by atoms with Gasteiger partial charge < -0.3 is 16.2 Å². The number of hydrogen-bond donors (Lipinski definition) is 4. The van der Waals surface area contributed by atoms with Crippen molar-refractivity contribution in [2.45, 2.75) is 6.18 Å². The number of fused-ring (bicyclic) bond motifs is 1. The SMILES string of the molecule is Nc1ncc(-c2cc(C(F)(F)F)cc3[nH]ncc23)cc1C(=O)NCCO. The lowest BCUT2D eigenvalue weighted by molar-refractivity contribution is -0.137. The molecule has 7 nitrogen and oxygen atoms in total. The molecule has 3 rings (SSSR count). The van der Waals surface area contributed by atoms with Gasteiger partial charge in [-0.05, 0) is 23.8 Å². The van der Waals surface area contributed by atoms with Crippen LogP contribution in [0.1, 0.15) is 15.9 Å². The van der Waals surface area contributed by atoms with E-state index >= 15 is 0 Å². The van der Waals surface area contributed by atoms with Gasteiger partial charge in [-0.3, -0.25) is 9.89 Å². The standard InChI is InChI=1S/C16H14F3N5O2/c17-16(18,19)9-4-10(12-7-23-24-13(12)5-9)8-3-11(14(20)22-6-8)15(26)21-1-2-25/h3-7,25H,1-2H2,(H2,20,22)(H,21,26)(H,23,24). The van der Waals surface area contributed by atoms with Gasteiger partial charge in [0.1, 0.15) is 5.82 Å². The van der Waals surface area contributed by atoms with Crippen molar-refractivity contribution < 1.29 is 23.1 Å². The Balaban J connectivity index is 2.14. The summed E-state index contributed by atoms with van der Waals surface area (Å²) in [6.07, 6.45) is -1.86. The summed E-state index contributed by atoms with van der Waals surface area (Å²) in [5.41, 5.74) is 5.55. The van der Waals surface area contributed by atoms with Crippen LogP contribution in [0.15, 0.2) is 30.6 Å². The highest BCUT2D eigenvalue weighted by Gasteiger charge is 2.32. The third-order valence-electron chi connectivity index (χ3n) is 3.76. The second kappa shape index (κ2) is 6.64. The number of aliphatic hydroxyl groups is 1. The number of amides is 1. The van der Waals surface area contributed by atoms with Crippen molar-refractivity contribution in [2.24, 2.45) is 0 Å². The number of halogens is 3. The number of nitrogens with one attached hydrogen (secondary N) is 2. The highest BCUT2D eigenvalue weighted by molar-refractivity contribution is 6.01. The zero-order valence-electron chi connectivity index (χ0n) is 13.3. The molecule has 0 bridgehead atoms. The number of carbonyl (C=O) groups excluding carboxylic acids is 1. The molecule has 136 valence electrons. The van der Waals surface area contributed by atoms with E-state index < -0.39 is 17.6 Å². The first-order chi connectivity index (χ1) is 12.3. The monoisotopic (exact) mass is 365 g/mol. The maximum atomic E-state index is 13.2. The molecule has 1 amide bonds. The predicted molar refractivity (Wildman–Crippen MR) is 88.2 cm³/mol. The Hall–Kier alpha value is -3.14. The summed E-state index contributed by atoms with van der Waals surface area (Å²) in [6.45, 7) is -0.250. The van der Waals surface area contributed by atoms with Crippen molar-refractivity contribution in [3.8, 4) is 11.1 Å². The number of nitrogens with zero attached hydrogens (tertiary/aromatic N) is 2.